The van der Waals surface area contributed by atoms with Gasteiger partial charge < -0.3 is 9.47 Å². The van der Waals surface area contributed by atoms with Gasteiger partial charge in [-0.3, -0.25) is 4.79 Å². The van der Waals surface area contributed by atoms with Gasteiger partial charge in [0.15, 0.2) is 11.5 Å². The molecule has 0 atom stereocenters. The lowest BCUT2D eigenvalue weighted by Gasteiger charge is -2.09. The molecule has 2 aromatic carbocycles. The number of amides is 1. The third-order valence-electron chi connectivity index (χ3n) is 2.98. The number of hydrogen-bond acceptors (Lipinski definition) is 4. The quantitative estimate of drug-likeness (QED) is 0.658. The van der Waals surface area contributed by atoms with Crippen LogP contribution in [-0.2, 0) is 0 Å². The van der Waals surface area contributed by atoms with E-state index in [0.29, 0.717) is 32.7 Å². The number of nitrogens with zero attached hydrogens (tertiary/aromatic N) is 1. The first-order valence-corrected chi connectivity index (χ1v) is 7.31. The molecule has 0 fully saturated rings. The third kappa shape index (κ3) is 4.37. The van der Waals surface area contributed by atoms with Crippen molar-refractivity contribution in [3.63, 3.8) is 0 Å². The maximum Gasteiger partial charge on any atom is 0.271 e. The molecule has 23 heavy (non-hydrogen) atoms. The molecule has 0 aliphatic heterocycles. The highest BCUT2D eigenvalue weighted by Crippen LogP contribution is 2.32. The van der Waals surface area contributed by atoms with Gasteiger partial charge in [-0.15, -0.1) is 0 Å². The minimum atomic E-state index is -0.352. The average Bonchev–Trinajstić information content (AvgIpc) is 2.56. The molecule has 0 bridgehead atoms. The number of methoxy groups -OCH3 is 2. The van der Waals surface area contributed by atoms with E-state index in [-0.39, 0.29) is 5.91 Å². The minimum Gasteiger partial charge on any atom is -0.493 e. The van der Waals surface area contributed by atoms with Gasteiger partial charge in [-0.05, 0) is 30.3 Å². The highest BCUT2D eigenvalue weighted by atomic mass is 35.5. The first kappa shape index (κ1) is 17.1. The number of ether oxygens (including phenoxy) is 2. The van der Waals surface area contributed by atoms with E-state index in [1.807, 2.05) is 0 Å². The van der Waals surface area contributed by atoms with Gasteiger partial charge in [0.05, 0.1) is 25.5 Å². The SMILES string of the molecule is COc1cc(Cl)c(/C=N/NC(=O)c2ccc(Cl)cc2)cc1OC. The zero-order valence-corrected chi connectivity index (χ0v) is 14.0. The molecule has 0 saturated heterocycles. The summed E-state index contributed by atoms with van der Waals surface area (Å²) in [5.74, 6) is 0.678. The monoisotopic (exact) mass is 352 g/mol. The molecule has 0 spiro atoms. The smallest absolute Gasteiger partial charge is 0.271 e. The molecule has 120 valence electrons. The van der Waals surface area contributed by atoms with Crippen molar-refractivity contribution in [1.82, 2.24) is 5.43 Å². The Balaban J connectivity index is 2.11. The Hall–Kier alpha value is -2.24. The van der Waals surface area contributed by atoms with Crippen molar-refractivity contribution in [2.45, 2.75) is 0 Å². The first-order chi connectivity index (χ1) is 11.0. The Bertz CT molecular complexity index is 731. The Labute approximate surface area is 143 Å². The summed E-state index contributed by atoms with van der Waals surface area (Å²) in [6, 6.07) is 9.76. The van der Waals surface area contributed by atoms with Crippen LogP contribution in [0.5, 0.6) is 11.5 Å². The van der Waals surface area contributed by atoms with Gasteiger partial charge in [-0.1, -0.05) is 23.2 Å². The van der Waals surface area contributed by atoms with Crippen LogP contribution in [0.15, 0.2) is 41.5 Å². The normalized spacial score (nSPS) is 10.6. The van der Waals surface area contributed by atoms with Gasteiger partial charge in [-0.25, -0.2) is 5.43 Å². The second kappa shape index (κ2) is 7.85. The highest BCUT2D eigenvalue weighted by Gasteiger charge is 2.09. The van der Waals surface area contributed by atoms with Crippen molar-refractivity contribution in [1.29, 1.82) is 0 Å². The van der Waals surface area contributed by atoms with Crippen LogP contribution in [0.3, 0.4) is 0 Å². The van der Waals surface area contributed by atoms with E-state index in [1.165, 1.54) is 20.4 Å². The number of carbonyl (C=O) groups excluding carboxylic acids is 1. The van der Waals surface area contributed by atoms with Gasteiger partial charge in [-0.2, -0.15) is 5.10 Å². The van der Waals surface area contributed by atoms with Crippen LogP contribution in [0.2, 0.25) is 10.0 Å². The number of hydrogen-bond donors (Lipinski definition) is 1. The lowest BCUT2D eigenvalue weighted by molar-refractivity contribution is 0.0955. The molecule has 0 aliphatic carbocycles. The van der Waals surface area contributed by atoms with E-state index >= 15 is 0 Å². The fourth-order valence-corrected chi connectivity index (χ4v) is 2.12. The van der Waals surface area contributed by atoms with E-state index in [1.54, 1.807) is 36.4 Å². The maximum absolute atomic E-state index is 11.9. The Kier molecular flexibility index (Phi) is 5.84. The van der Waals surface area contributed by atoms with Crippen LogP contribution >= 0.6 is 23.2 Å². The van der Waals surface area contributed by atoms with Gasteiger partial charge in [0.1, 0.15) is 0 Å². The van der Waals surface area contributed by atoms with Crippen molar-refractivity contribution < 1.29 is 14.3 Å². The molecule has 2 rings (SSSR count). The number of halogens is 2. The lowest BCUT2D eigenvalue weighted by Crippen LogP contribution is -2.17. The third-order valence-corrected chi connectivity index (χ3v) is 3.56. The molecular weight excluding hydrogens is 339 g/mol. The van der Waals surface area contributed by atoms with Gasteiger partial charge in [0.2, 0.25) is 0 Å². The highest BCUT2D eigenvalue weighted by molar-refractivity contribution is 6.33. The average molecular weight is 353 g/mol. The standard InChI is InChI=1S/C16H14Cl2N2O3/c1-22-14-7-11(13(18)8-15(14)23-2)9-19-20-16(21)10-3-5-12(17)6-4-10/h3-9H,1-2H3,(H,20,21)/b19-9+. The number of carbonyl (C=O) groups is 1. The molecule has 0 unspecified atom stereocenters. The van der Waals surface area contributed by atoms with Crippen LogP contribution < -0.4 is 14.9 Å². The molecule has 5 nitrogen and oxygen atoms in total. The Morgan fingerprint density at radius 1 is 1.09 bits per heavy atom. The lowest BCUT2D eigenvalue weighted by atomic mass is 10.2. The predicted octanol–water partition coefficient (Wildman–Crippen LogP) is 3.77. The number of nitrogens with one attached hydrogen (secondary N) is 1. The van der Waals surface area contributed by atoms with Crippen molar-refractivity contribution in [2.24, 2.45) is 5.10 Å². The van der Waals surface area contributed by atoms with Gasteiger partial charge >= 0.3 is 0 Å². The number of rotatable bonds is 5. The molecule has 0 aromatic heterocycles. The number of benzene rings is 2. The molecule has 0 aliphatic rings. The Morgan fingerprint density at radius 2 is 1.70 bits per heavy atom. The van der Waals surface area contributed by atoms with E-state index in [0.717, 1.165) is 0 Å². The fourth-order valence-electron chi connectivity index (χ4n) is 1.80. The van der Waals surface area contributed by atoms with Crippen molar-refractivity contribution in [2.75, 3.05) is 14.2 Å². The van der Waals surface area contributed by atoms with Crippen LogP contribution in [0.1, 0.15) is 15.9 Å². The molecule has 2 aromatic rings. The molecule has 1 amide bonds. The van der Waals surface area contributed by atoms with Crippen LogP contribution in [0.4, 0.5) is 0 Å². The summed E-state index contributed by atoms with van der Waals surface area (Å²) in [6.45, 7) is 0. The van der Waals surface area contributed by atoms with E-state index in [4.69, 9.17) is 32.7 Å². The van der Waals surface area contributed by atoms with Crippen LogP contribution in [0, 0.1) is 0 Å². The minimum absolute atomic E-state index is 0.352. The van der Waals surface area contributed by atoms with Crippen molar-refractivity contribution in [3.8, 4) is 11.5 Å². The topological polar surface area (TPSA) is 59.9 Å². The maximum atomic E-state index is 11.9. The van der Waals surface area contributed by atoms with Crippen LogP contribution in [-0.4, -0.2) is 26.3 Å². The first-order valence-electron chi connectivity index (χ1n) is 6.55. The zero-order chi connectivity index (χ0) is 16.8. The second-order valence-electron chi connectivity index (χ2n) is 4.43. The fraction of sp³-hybridized carbons (Fsp3) is 0.125. The summed E-state index contributed by atoms with van der Waals surface area (Å²) in [5, 5.41) is 4.87. The van der Waals surface area contributed by atoms with E-state index in [2.05, 4.69) is 10.5 Å². The molecular formula is C16H14Cl2N2O3. The molecule has 0 saturated carbocycles. The summed E-state index contributed by atoms with van der Waals surface area (Å²) in [5.41, 5.74) is 3.45. The molecule has 0 radical (unpaired) electrons. The summed E-state index contributed by atoms with van der Waals surface area (Å²) >= 11 is 11.9. The van der Waals surface area contributed by atoms with Crippen LogP contribution in [0.25, 0.3) is 0 Å². The summed E-state index contributed by atoms with van der Waals surface area (Å²) in [7, 11) is 3.04. The second-order valence-corrected chi connectivity index (χ2v) is 5.28. The van der Waals surface area contributed by atoms with E-state index in [9.17, 15) is 4.79 Å². The number of hydrazone groups is 1. The summed E-state index contributed by atoms with van der Waals surface area (Å²) < 4.78 is 10.3. The van der Waals surface area contributed by atoms with Crippen molar-refractivity contribution in [3.05, 3.63) is 57.6 Å². The predicted molar refractivity (Wildman–Crippen MR) is 91.1 cm³/mol. The Morgan fingerprint density at radius 3 is 2.30 bits per heavy atom. The molecule has 7 heteroatoms. The van der Waals surface area contributed by atoms with Gasteiger partial charge in [0.25, 0.3) is 5.91 Å². The van der Waals surface area contributed by atoms with E-state index < -0.39 is 0 Å². The molecule has 1 N–H and O–H groups in total. The molecule has 0 heterocycles. The zero-order valence-electron chi connectivity index (χ0n) is 12.5. The van der Waals surface area contributed by atoms with Crippen molar-refractivity contribution >= 4 is 35.3 Å². The van der Waals surface area contributed by atoms with Gasteiger partial charge in [0, 0.05) is 22.2 Å². The largest absolute Gasteiger partial charge is 0.493 e. The summed E-state index contributed by atoms with van der Waals surface area (Å²) in [6.07, 6.45) is 1.43. The summed E-state index contributed by atoms with van der Waals surface area (Å²) in [4.78, 5) is 11.9.